The van der Waals surface area contributed by atoms with Crippen LogP contribution < -0.4 is 0 Å². The molecule has 0 saturated heterocycles. The minimum absolute atomic E-state index is 1.17. The van der Waals surface area contributed by atoms with Crippen LogP contribution in [0.3, 0.4) is 0 Å². The van der Waals surface area contributed by atoms with E-state index in [1.807, 2.05) is 0 Å². The fourth-order valence-corrected chi connectivity index (χ4v) is 2.93. The van der Waals surface area contributed by atoms with E-state index in [1.165, 1.54) is 82.4 Å². The molecular weight excluding hydrogens is 284 g/mol. The maximum absolute atomic E-state index is 3.48. The SMILES string of the molecule is BrCCCCCCCCCCCCC1=CCC=C1. The summed E-state index contributed by atoms with van der Waals surface area (Å²) in [5.41, 5.74) is 1.57. The van der Waals surface area contributed by atoms with Gasteiger partial charge in [0.05, 0.1) is 0 Å². The number of hydrogen-bond acceptors (Lipinski definition) is 0. The molecule has 0 spiro atoms. The second-order valence-corrected chi connectivity index (χ2v) is 6.18. The van der Waals surface area contributed by atoms with Crippen LogP contribution in [-0.4, -0.2) is 5.33 Å². The van der Waals surface area contributed by atoms with Gasteiger partial charge in [-0.3, -0.25) is 0 Å². The standard InChI is InChI=1S/C17H29Br/c18-16-12-8-6-4-2-1-3-5-7-9-13-17-14-10-11-15-17/h10,14-15H,1-9,11-13,16H2. The molecule has 0 aliphatic heterocycles. The van der Waals surface area contributed by atoms with Crippen molar-refractivity contribution in [1.82, 2.24) is 0 Å². The van der Waals surface area contributed by atoms with Crippen LogP contribution in [0.15, 0.2) is 23.8 Å². The first-order valence-electron chi connectivity index (χ1n) is 7.85. The van der Waals surface area contributed by atoms with Gasteiger partial charge in [-0.05, 0) is 25.7 Å². The summed E-state index contributed by atoms with van der Waals surface area (Å²) in [5.74, 6) is 0. The fourth-order valence-electron chi connectivity index (χ4n) is 2.53. The maximum atomic E-state index is 3.48. The lowest BCUT2D eigenvalue weighted by atomic mass is 10.0. The number of halogens is 1. The zero-order valence-corrected chi connectivity index (χ0v) is 13.4. The molecule has 1 rings (SSSR count). The Hall–Kier alpha value is -0.0400. The Morgan fingerprint density at radius 1 is 0.778 bits per heavy atom. The average Bonchev–Trinajstić information content (AvgIpc) is 2.89. The molecule has 104 valence electrons. The second-order valence-electron chi connectivity index (χ2n) is 5.39. The molecule has 18 heavy (non-hydrogen) atoms. The highest BCUT2D eigenvalue weighted by atomic mass is 79.9. The summed E-state index contributed by atoms with van der Waals surface area (Å²) in [6.45, 7) is 0. The lowest BCUT2D eigenvalue weighted by molar-refractivity contribution is 0.557. The first-order chi connectivity index (χ1) is 8.93. The summed E-state index contributed by atoms with van der Waals surface area (Å²) in [5, 5.41) is 1.18. The molecule has 0 heterocycles. The van der Waals surface area contributed by atoms with Crippen LogP contribution in [0.5, 0.6) is 0 Å². The average molecular weight is 313 g/mol. The van der Waals surface area contributed by atoms with Crippen LogP contribution in [0.25, 0.3) is 0 Å². The Bertz CT molecular complexity index is 240. The van der Waals surface area contributed by atoms with Crippen molar-refractivity contribution in [3.8, 4) is 0 Å². The molecule has 1 aliphatic rings. The van der Waals surface area contributed by atoms with Crippen LogP contribution in [0.1, 0.15) is 77.0 Å². The van der Waals surface area contributed by atoms with Crippen molar-refractivity contribution in [3.05, 3.63) is 23.8 Å². The highest BCUT2D eigenvalue weighted by Crippen LogP contribution is 2.17. The molecule has 0 nitrogen and oxygen atoms in total. The second kappa shape index (κ2) is 12.0. The molecule has 0 N–H and O–H groups in total. The van der Waals surface area contributed by atoms with E-state index in [-0.39, 0.29) is 0 Å². The number of unbranched alkanes of at least 4 members (excludes halogenated alkanes) is 9. The largest absolute Gasteiger partial charge is 0.0928 e. The molecular formula is C17H29Br. The van der Waals surface area contributed by atoms with Gasteiger partial charge in [-0.2, -0.15) is 0 Å². The highest BCUT2D eigenvalue weighted by molar-refractivity contribution is 9.09. The predicted octanol–water partition coefficient (Wildman–Crippen LogP) is 6.56. The van der Waals surface area contributed by atoms with E-state index in [0.29, 0.717) is 0 Å². The van der Waals surface area contributed by atoms with E-state index in [4.69, 9.17) is 0 Å². The lowest BCUT2D eigenvalue weighted by Crippen LogP contribution is -1.83. The Morgan fingerprint density at radius 3 is 1.83 bits per heavy atom. The Labute approximate surface area is 122 Å². The molecule has 1 aliphatic carbocycles. The third kappa shape index (κ3) is 8.97. The first kappa shape index (κ1) is 16.0. The summed E-state index contributed by atoms with van der Waals surface area (Å²) < 4.78 is 0. The molecule has 0 unspecified atom stereocenters. The molecule has 0 aromatic carbocycles. The Kier molecular flexibility index (Phi) is 10.7. The van der Waals surface area contributed by atoms with E-state index in [1.54, 1.807) is 5.57 Å². The van der Waals surface area contributed by atoms with Crippen LogP contribution >= 0.6 is 15.9 Å². The zero-order valence-electron chi connectivity index (χ0n) is 11.8. The quantitative estimate of drug-likeness (QED) is 0.283. The first-order valence-corrected chi connectivity index (χ1v) is 8.97. The molecule has 0 atom stereocenters. The van der Waals surface area contributed by atoms with Crippen LogP contribution in [0, 0.1) is 0 Å². The van der Waals surface area contributed by atoms with Crippen LogP contribution in [0.4, 0.5) is 0 Å². The normalized spacial score (nSPS) is 14.2. The fraction of sp³-hybridized carbons (Fsp3) is 0.765. The van der Waals surface area contributed by atoms with Crippen molar-refractivity contribution < 1.29 is 0 Å². The number of alkyl halides is 1. The molecule has 0 aromatic rings. The topological polar surface area (TPSA) is 0 Å². The molecule has 0 aromatic heterocycles. The summed E-state index contributed by atoms with van der Waals surface area (Å²) in [7, 11) is 0. The van der Waals surface area contributed by atoms with Gasteiger partial charge in [-0.15, -0.1) is 0 Å². The van der Waals surface area contributed by atoms with E-state index < -0.39 is 0 Å². The highest BCUT2D eigenvalue weighted by Gasteiger charge is 1.97. The maximum Gasteiger partial charge on any atom is 0.00313 e. The Balaban J connectivity index is 1.72. The minimum Gasteiger partial charge on any atom is -0.0928 e. The van der Waals surface area contributed by atoms with Crippen molar-refractivity contribution in [2.45, 2.75) is 77.0 Å². The van der Waals surface area contributed by atoms with Gasteiger partial charge in [-0.25, -0.2) is 0 Å². The minimum atomic E-state index is 1.17. The van der Waals surface area contributed by atoms with Gasteiger partial charge < -0.3 is 0 Å². The van der Waals surface area contributed by atoms with Gasteiger partial charge in [-0.1, -0.05) is 91.1 Å². The predicted molar refractivity (Wildman–Crippen MR) is 86.4 cm³/mol. The van der Waals surface area contributed by atoms with Gasteiger partial charge in [0.1, 0.15) is 0 Å². The number of allylic oxidation sites excluding steroid dienone is 4. The van der Waals surface area contributed by atoms with Gasteiger partial charge in [0.2, 0.25) is 0 Å². The van der Waals surface area contributed by atoms with Gasteiger partial charge in [0, 0.05) is 5.33 Å². The van der Waals surface area contributed by atoms with E-state index in [9.17, 15) is 0 Å². The third-order valence-electron chi connectivity index (χ3n) is 3.70. The number of hydrogen-bond donors (Lipinski definition) is 0. The van der Waals surface area contributed by atoms with Crippen molar-refractivity contribution in [3.63, 3.8) is 0 Å². The van der Waals surface area contributed by atoms with E-state index in [2.05, 4.69) is 34.2 Å². The number of rotatable bonds is 12. The molecule has 0 amide bonds. The van der Waals surface area contributed by atoms with E-state index in [0.717, 1.165) is 0 Å². The molecule has 0 bridgehead atoms. The molecule has 0 radical (unpaired) electrons. The van der Waals surface area contributed by atoms with Crippen molar-refractivity contribution in [2.75, 3.05) is 5.33 Å². The monoisotopic (exact) mass is 312 g/mol. The van der Waals surface area contributed by atoms with E-state index >= 15 is 0 Å². The summed E-state index contributed by atoms with van der Waals surface area (Å²) >= 11 is 3.48. The van der Waals surface area contributed by atoms with Gasteiger partial charge in [0.25, 0.3) is 0 Å². The van der Waals surface area contributed by atoms with Gasteiger partial charge in [0.15, 0.2) is 0 Å². The van der Waals surface area contributed by atoms with Crippen LogP contribution in [0.2, 0.25) is 0 Å². The molecule has 0 fully saturated rings. The van der Waals surface area contributed by atoms with Crippen molar-refractivity contribution in [1.29, 1.82) is 0 Å². The molecule has 1 heteroatoms. The van der Waals surface area contributed by atoms with Crippen molar-refractivity contribution >= 4 is 15.9 Å². The summed E-state index contributed by atoms with van der Waals surface area (Å²) in [6, 6.07) is 0. The third-order valence-corrected chi connectivity index (χ3v) is 4.26. The summed E-state index contributed by atoms with van der Waals surface area (Å²) in [6.07, 6.45) is 23.7. The smallest absolute Gasteiger partial charge is 0.00313 e. The lowest BCUT2D eigenvalue weighted by Gasteiger charge is -2.02. The van der Waals surface area contributed by atoms with Crippen molar-refractivity contribution in [2.24, 2.45) is 0 Å². The van der Waals surface area contributed by atoms with Crippen LogP contribution in [-0.2, 0) is 0 Å². The zero-order chi connectivity index (χ0) is 12.9. The molecule has 0 saturated carbocycles. The van der Waals surface area contributed by atoms with Gasteiger partial charge >= 0.3 is 0 Å². The summed E-state index contributed by atoms with van der Waals surface area (Å²) in [4.78, 5) is 0. The Morgan fingerprint density at radius 2 is 1.33 bits per heavy atom.